The third kappa shape index (κ3) is 2.29. The van der Waals surface area contributed by atoms with E-state index in [0.29, 0.717) is 12.6 Å². The lowest BCUT2D eigenvalue weighted by molar-refractivity contribution is -0.109. The zero-order valence-corrected chi connectivity index (χ0v) is 7.42. The summed E-state index contributed by atoms with van der Waals surface area (Å²) in [6.07, 6.45) is 3.57. The first-order valence-electron chi connectivity index (χ1n) is 4.41. The highest BCUT2D eigenvalue weighted by Gasteiger charge is 2.21. The number of hydrogen-bond donors (Lipinski definition) is 0. The van der Waals surface area contributed by atoms with Gasteiger partial charge in [0.25, 0.3) is 0 Å². The number of carbonyl (C=O) groups excluding carboxylic acids is 1. The molecule has 0 bridgehead atoms. The van der Waals surface area contributed by atoms with E-state index < -0.39 is 0 Å². The van der Waals surface area contributed by atoms with Crippen LogP contribution < -0.4 is 0 Å². The zero-order valence-electron chi connectivity index (χ0n) is 7.42. The number of likely N-dealkylation sites (tertiary alicyclic amines) is 1. The van der Waals surface area contributed by atoms with Crippen molar-refractivity contribution in [1.82, 2.24) is 4.90 Å². The van der Waals surface area contributed by atoms with Gasteiger partial charge in [-0.15, -0.1) is 0 Å². The lowest BCUT2D eigenvalue weighted by atomic mass is 9.95. The minimum absolute atomic E-state index is 0.608. The van der Waals surface area contributed by atoms with Gasteiger partial charge in [0.2, 0.25) is 0 Å². The summed E-state index contributed by atoms with van der Waals surface area (Å²) in [7, 11) is 0. The highest BCUT2D eigenvalue weighted by molar-refractivity contribution is 5.52. The molecule has 1 aliphatic heterocycles. The first-order chi connectivity index (χ1) is 5.24. The summed E-state index contributed by atoms with van der Waals surface area (Å²) in [6.45, 7) is 6.17. The molecule has 0 spiro atoms. The number of aldehydes is 1. The van der Waals surface area contributed by atoms with Gasteiger partial charge in [0.15, 0.2) is 0 Å². The summed E-state index contributed by atoms with van der Waals surface area (Å²) < 4.78 is 0. The Hall–Kier alpha value is -0.370. The lowest BCUT2D eigenvalue weighted by Gasteiger charge is -2.35. The summed E-state index contributed by atoms with van der Waals surface area (Å²) in [5.74, 6) is 0.770. The Bertz CT molecular complexity index is 136. The van der Waals surface area contributed by atoms with Crippen LogP contribution in [-0.4, -0.2) is 30.3 Å². The van der Waals surface area contributed by atoms with Gasteiger partial charge in [-0.05, 0) is 25.7 Å². The van der Waals surface area contributed by atoms with Gasteiger partial charge in [-0.3, -0.25) is 4.90 Å². The minimum Gasteiger partial charge on any atom is -0.302 e. The maximum atomic E-state index is 10.3. The summed E-state index contributed by atoms with van der Waals surface area (Å²) >= 11 is 0. The first-order valence-corrected chi connectivity index (χ1v) is 4.41. The Kier molecular flexibility index (Phi) is 3.06. The van der Waals surface area contributed by atoms with E-state index >= 15 is 0 Å². The number of carbonyl (C=O) groups is 1. The van der Waals surface area contributed by atoms with Crippen LogP contribution in [0.1, 0.15) is 26.7 Å². The van der Waals surface area contributed by atoms with Gasteiger partial charge < -0.3 is 4.79 Å². The Labute approximate surface area is 68.6 Å². The van der Waals surface area contributed by atoms with E-state index in [9.17, 15) is 4.79 Å². The topological polar surface area (TPSA) is 20.3 Å². The molecular weight excluding hydrogens is 138 g/mol. The Morgan fingerprint density at radius 3 is 2.82 bits per heavy atom. The maximum Gasteiger partial charge on any atom is 0.133 e. The largest absolute Gasteiger partial charge is 0.302 e. The lowest BCUT2D eigenvalue weighted by Crippen LogP contribution is -2.41. The minimum atomic E-state index is 0.608. The van der Waals surface area contributed by atoms with Gasteiger partial charge >= 0.3 is 0 Å². The smallest absolute Gasteiger partial charge is 0.133 e. The first kappa shape index (κ1) is 8.72. The van der Waals surface area contributed by atoms with Gasteiger partial charge in [-0.25, -0.2) is 0 Å². The van der Waals surface area contributed by atoms with Gasteiger partial charge in [-0.1, -0.05) is 6.92 Å². The van der Waals surface area contributed by atoms with Crippen molar-refractivity contribution in [2.24, 2.45) is 5.92 Å². The third-order valence-electron chi connectivity index (χ3n) is 2.56. The van der Waals surface area contributed by atoms with Crippen LogP contribution >= 0.6 is 0 Å². The maximum absolute atomic E-state index is 10.3. The van der Waals surface area contributed by atoms with Crippen LogP contribution in [0.3, 0.4) is 0 Å². The molecule has 0 unspecified atom stereocenters. The quantitative estimate of drug-likeness (QED) is 0.560. The Balaban J connectivity index is 2.40. The van der Waals surface area contributed by atoms with Crippen LogP contribution in [0.2, 0.25) is 0 Å². The second-order valence-corrected chi connectivity index (χ2v) is 3.65. The van der Waals surface area contributed by atoms with Crippen LogP contribution in [0.25, 0.3) is 0 Å². The molecule has 1 heterocycles. The summed E-state index contributed by atoms with van der Waals surface area (Å²) in [4.78, 5) is 12.5. The molecule has 0 amide bonds. The standard InChI is InChI=1S/C9H17NO/c1-8-3-4-9(2)10(7-8)5-6-11/h6,8-9H,3-5,7H2,1-2H3/t8-,9-/m0/s1. The molecule has 1 fully saturated rings. The molecule has 2 nitrogen and oxygen atoms in total. The van der Waals surface area contributed by atoms with E-state index in [1.165, 1.54) is 12.8 Å². The van der Waals surface area contributed by atoms with Gasteiger partial charge in [0.1, 0.15) is 6.29 Å². The number of nitrogens with zero attached hydrogens (tertiary/aromatic N) is 1. The van der Waals surface area contributed by atoms with Crippen molar-refractivity contribution in [3.05, 3.63) is 0 Å². The molecule has 2 heteroatoms. The second-order valence-electron chi connectivity index (χ2n) is 3.65. The van der Waals surface area contributed by atoms with Crippen LogP contribution in [-0.2, 0) is 4.79 Å². The van der Waals surface area contributed by atoms with Crippen molar-refractivity contribution in [2.75, 3.05) is 13.1 Å². The Morgan fingerprint density at radius 2 is 2.18 bits per heavy atom. The van der Waals surface area contributed by atoms with Crippen molar-refractivity contribution < 1.29 is 4.79 Å². The van der Waals surface area contributed by atoms with E-state index in [1.54, 1.807) is 0 Å². The number of hydrogen-bond acceptors (Lipinski definition) is 2. The predicted octanol–water partition coefficient (Wildman–Crippen LogP) is 1.31. The SMILES string of the molecule is C[C@H]1CC[C@H](C)N(CC=O)C1. The molecule has 1 saturated heterocycles. The highest BCUT2D eigenvalue weighted by atomic mass is 16.1. The molecule has 0 aliphatic carbocycles. The molecule has 64 valence electrons. The van der Waals surface area contributed by atoms with Crippen molar-refractivity contribution >= 4 is 6.29 Å². The molecule has 0 saturated carbocycles. The highest BCUT2D eigenvalue weighted by Crippen LogP contribution is 2.20. The predicted molar refractivity (Wildman–Crippen MR) is 45.5 cm³/mol. The van der Waals surface area contributed by atoms with Crippen molar-refractivity contribution in [3.8, 4) is 0 Å². The number of piperidine rings is 1. The third-order valence-corrected chi connectivity index (χ3v) is 2.56. The molecule has 0 radical (unpaired) electrons. The molecular formula is C9H17NO. The van der Waals surface area contributed by atoms with Crippen molar-refractivity contribution in [2.45, 2.75) is 32.7 Å². The fourth-order valence-electron chi connectivity index (χ4n) is 1.73. The van der Waals surface area contributed by atoms with Gasteiger partial charge in [-0.2, -0.15) is 0 Å². The molecule has 0 aromatic carbocycles. The van der Waals surface area contributed by atoms with E-state index in [4.69, 9.17) is 0 Å². The molecule has 2 atom stereocenters. The molecule has 1 aliphatic rings. The zero-order chi connectivity index (χ0) is 8.27. The van der Waals surface area contributed by atoms with Gasteiger partial charge in [0.05, 0.1) is 6.54 Å². The van der Waals surface area contributed by atoms with Crippen LogP contribution in [0.4, 0.5) is 0 Å². The van der Waals surface area contributed by atoms with Crippen molar-refractivity contribution in [3.63, 3.8) is 0 Å². The summed E-state index contributed by atoms with van der Waals surface area (Å²) in [6, 6.07) is 0.608. The van der Waals surface area contributed by atoms with Crippen LogP contribution in [0.5, 0.6) is 0 Å². The van der Waals surface area contributed by atoms with Gasteiger partial charge in [0, 0.05) is 12.6 Å². The van der Waals surface area contributed by atoms with E-state index in [0.717, 1.165) is 18.7 Å². The monoisotopic (exact) mass is 155 g/mol. The normalized spacial score (nSPS) is 33.6. The fraction of sp³-hybridized carbons (Fsp3) is 0.889. The van der Waals surface area contributed by atoms with Crippen LogP contribution in [0.15, 0.2) is 0 Å². The molecule has 11 heavy (non-hydrogen) atoms. The van der Waals surface area contributed by atoms with Crippen LogP contribution in [0, 0.1) is 5.92 Å². The van der Waals surface area contributed by atoms with Crippen molar-refractivity contribution in [1.29, 1.82) is 0 Å². The fourth-order valence-corrected chi connectivity index (χ4v) is 1.73. The van der Waals surface area contributed by atoms with E-state index in [1.807, 2.05) is 0 Å². The number of rotatable bonds is 2. The average molecular weight is 155 g/mol. The Morgan fingerprint density at radius 1 is 1.45 bits per heavy atom. The average Bonchev–Trinajstić information content (AvgIpc) is 1.98. The van der Waals surface area contributed by atoms with E-state index in [2.05, 4.69) is 18.7 Å². The molecule has 0 N–H and O–H groups in total. The van der Waals surface area contributed by atoms with E-state index in [-0.39, 0.29) is 0 Å². The second kappa shape index (κ2) is 3.86. The molecule has 0 aromatic heterocycles. The summed E-state index contributed by atoms with van der Waals surface area (Å²) in [5.41, 5.74) is 0. The molecule has 1 rings (SSSR count). The molecule has 0 aromatic rings. The summed E-state index contributed by atoms with van der Waals surface area (Å²) in [5, 5.41) is 0.